The smallest absolute Gasteiger partial charge is 0.269 e. The fourth-order valence-electron chi connectivity index (χ4n) is 2.64. The second-order valence-electron chi connectivity index (χ2n) is 5.85. The number of likely N-dealkylation sites (N-methyl/N-ethyl adjacent to an activating group) is 1. The topological polar surface area (TPSA) is 106 Å². The average Bonchev–Trinajstić information content (AvgIpc) is 2.74. The number of nitrogens with one attached hydrogen (secondary N) is 1. The monoisotopic (exact) mass is 390 g/mol. The average molecular weight is 390 g/mol. The molecule has 8 heteroatoms. The number of nitrogens with zero attached hydrogens (tertiary/aromatic N) is 3. The van der Waals surface area contributed by atoms with Gasteiger partial charge in [0.15, 0.2) is 11.5 Å². The van der Waals surface area contributed by atoms with E-state index in [1.807, 2.05) is 6.07 Å². The molecule has 0 saturated heterocycles. The van der Waals surface area contributed by atoms with Gasteiger partial charge in [-0.2, -0.15) is 10.2 Å². The van der Waals surface area contributed by atoms with E-state index in [2.05, 4.69) is 10.3 Å². The van der Waals surface area contributed by atoms with Gasteiger partial charge in [0, 0.05) is 12.7 Å². The highest BCUT2D eigenvalue weighted by Crippen LogP contribution is 2.31. The Kier molecular flexibility index (Phi) is 5.90. The number of aromatic nitrogens is 2. The van der Waals surface area contributed by atoms with Gasteiger partial charge in [-0.3, -0.25) is 14.0 Å². The Hall–Kier alpha value is -4.12. The number of carbonyl (C=O) groups is 1. The van der Waals surface area contributed by atoms with Crippen molar-refractivity contribution in [2.45, 2.75) is 6.92 Å². The molecule has 3 aromatic rings. The van der Waals surface area contributed by atoms with Gasteiger partial charge in [-0.15, -0.1) is 0 Å². The molecule has 0 spiro atoms. The van der Waals surface area contributed by atoms with Crippen LogP contribution in [0.15, 0.2) is 59.0 Å². The van der Waals surface area contributed by atoms with Gasteiger partial charge in [0.25, 0.3) is 11.5 Å². The van der Waals surface area contributed by atoms with E-state index in [1.165, 1.54) is 17.6 Å². The summed E-state index contributed by atoms with van der Waals surface area (Å²) in [7, 11) is 1.49. The zero-order valence-corrected chi connectivity index (χ0v) is 15.9. The van der Waals surface area contributed by atoms with Crippen LogP contribution in [0.1, 0.15) is 12.5 Å². The molecule has 0 unspecified atom stereocenters. The van der Waals surface area contributed by atoms with E-state index in [-0.39, 0.29) is 17.0 Å². The van der Waals surface area contributed by atoms with Crippen LogP contribution in [0.5, 0.6) is 17.4 Å². The van der Waals surface area contributed by atoms with Gasteiger partial charge < -0.3 is 14.8 Å². The molecule has 0 aliphatic heterocycles. The van der Waals surface area contributed by atoms with Gasteiger partial charge >= 0.3 is 0 Å². The third-order valence-electron chi connectivity index (χ3n) is 4.00. The van der Waals surface area contributed by atoms with Gasteiger partial charge in [0.05, 0.1) is 7.11 Å². The molecule has 0 radical (unpaired) electrons. The van der Waals surface area contributed by atoms with E-state index >= 15 is 0 Å². The van der Waals surface area contributed by atoms with Crippen molar-refractivity contribution in [3.63, 3.8) is 0 Å². The first-order valence-electron chi connectivity index (χ1n) is 8.81. The Morgan fingerprint density at radius 1 is 1.24 bits per heavy atom. The molecule has 0 atom stereocenters. The van der Waals surface area contributed by atoms with E-state index in [4.69, 9.17) is 9.47 Å². The Labute approximate surface area is 166 Å². The van der Waals surface area contributed by atoms with Crippen molar-refractivity contribution >= 4 is 17.6 Å². The van der Waals surface area contributed by atoms with Crippen LogP contribution in [0.3, 0.4) is 0 Å². The van der Waals surface area contributed by atoms with Crippen LogP contribution >= 0.6 is 0 Å². The van der Waals surface area contributed by atoms with Crippen molar-refractivity contribution in [3.8, 4) is 23.4 Å². The lowest BCUT2D eigenvalue weighted by Gasteiger charge is -2.12. The number of hydrogen-bond donors (Lipinski definition) is 1. The Bertz CT molecular complexity index is 1190. The van der Waals surface area contributed by atoms with E-state index in [1.54, 1.807) is 55.6 Å². The minimum Gasteiger partial charge on any atom is -0.493 e. The van der Waals surface area contributed by atoms with Gasteiger partial charge in [0.1, 0.15) is 22.9 Å². The van der Waals surface area contributed by atoms with Crippen LogP contribution < -0.4 is 20.3 Å². The fraction of sp³-hybridized carbons (Fsp3) is 0.143. The highest BCUT2D eigenvalue weighted by molar-refractivity contribution is 6.01. The third kappa shape index (κ3) is 4.09. The van der Waals surface area contributed by atoms with E-state index < -0.39 is 11.5 Å². The van der Waals surface area contributed by atoms with E-state index in [0.29, 0.717) is 23.7 Å². The van der Waals surface area contributed by atoms with Crippen molar-refractivity contribution in [1.29, 1.82) is 5.26 Å². The summed E-state index contributed by atoms with van der Waals surface area (Å²) in [4.78, 5) is 29.6. The summed E-state index contributed by atoms with van der Waals surface area (Å²) in [6, 6.07) is 13.8. The van der Waals surface area contributed by atoms with Gasteiger partial charge in [0.2, 0.25) is 5.88 Å². The van der Waals surface area contributed by atoms with Crippen molar-refractivity contribution in [2.75, 3.05) is 13.7 Å². The standard InChI is InChI=1S/C21H18N4O4/c1-3-23-19(26)14(13-22)12-15-20(29-17-9-5-4-8-16(17)28-2)24-18-10-6-7-11-25(18)21(15)27/h4-12H,3H2,1-2H3,(H,23,26)/b14-12+. The highest BCUT2D eigenvalue weighted by atomic mass is 16.5. The first-order valence-corrected chi connectivity index (χ1v) is 8.81. The molecule has 146 valence electrons. The maximum Gasteiger partial charge on any atom is 0.269 e. The maximum absolute atomic E-state index is 13.1. The summed E-state index contributed by atoms with van der Waals surface area (Å²) in [5.74, 6) is 0.161. The molecule has 1 aromatic carbocycles. The van der Waals surface area contributed by atoms with Crippen molar-refractivity contribution in [1.82, 2.24) is 14.7 Å². The number of ether oxygens (including phenoxy) is 2. The number of nitriles is 1. The zero-order valence-electron chi connectivity index (χ0n) is 15.9. The van der Waals surface area contributed by atoms with E-state index in [0.717, 1.165) is 0 Å². The van der Waals surface area contributed by atoms with Crippen LogP contribution in [0.25, 0.3) is 11.7 Å². The molecular weight excluding hydrogens is 372 g/mol. The highest BCUT2D eigenvalue weighted by Gasteiger charge is 2.18. The Morgan fingerprint density at radius 3 is 2.66 bits per heavy atom. The fourth-order valence-corrected chi connectivity index (χ4v) is 2.64. The Morgan fingerprint density at radius 2 is 1.97 bits per heavy atom. The predicted molar refractivity (Wildman–Crippen MR) is 107 cm³/mol. The normalized spacial score (nSPS) is 11.0. The van der Waals surface area contributed by atoms with Gasteiger partial charge in [-0.25, -0.2) is 0 Å². The lowest BCUT2D eigenvalue weighted by Crippen LogP contribution is -2.25. The number of carbonyl (C=O) groups excluding carboxylic acids is 1. The number of methoxy groups -OCH3 is 1. The zero-order chi connectivity index (χ0) is 20.8. The van der Waals surface area contributed by atoms with Crippen LogP contribution in [0.4, 0.5) is 0 Å². The van der Waals surface area contributed by atoms with E-state index in [9.17, 15) is 14.9 Å². The molecule has 0 bridgehead atoms. The minimum absolute atomic E-state index is 0.0255. The molecule has 3 rings (SSSR count). The number of rotatable bonds is 6. The number of benzene rings is 1. The van der Waals surface area contributed by atoms with Crippen molar-refractivity contribution in [3.05, 3.63) is 70.2 Å². The van der Waals surface area contributed by atoms with Crippen LogP contribution in [-0.2, 0) is 4.79 Å². The minimum atomic E-state index is -0.587. The summed E-state index contributed by atoms with van der Waals surface area (Å²) >= 11 is 0. The summed E-state index contributed by atoms with van der Waals surface area (Å²) in [6.07, 6.45) is 2.73. The summed E-state index contributed by atoms with van der Waals surface area (Å²) in [5.41, 5.74) is -0.373. The van der Waals surface area contributed by atoms with Crippen molar-refractivity contribution < 1.29 is 14.3 Å². The quantitative estimate of drug-likeness (QED) is 0.512. The predicted octanol–water partition coefficient (Wildman–Crippen LogP) is 2.54. The number of hydrogen-bond acceptors (Lipinski definition) is 6. The number of fused-ring (bicyclic) bond motifs is 1. The molecule has 0 saturated carbocycles. The van der Waals surface area contributed by atoms with Gasteiger partial charge in [-0.1, -0.05) is 18.2 Å². The SMILES string of the molecule is CCNC(=O)/C(C#N)=C/c1c(Oc2ccccc2OC)nc2ccccn2c1=O. The lowest BCUT2D eigenvalue weighted by atomic mass is 10.1. The number of para-hydroxylation sites is 2. The molecule has 0 aliphatic rings. The first kappa shape index (κ1) is 19.6. The molecule has 0 aliphatic carbocycles. The Balaban J connectivity index is 2.23. The molecule has 1 N–H and O–H groups in total. The van der Waals surface area contributed by atoms with Crippen molar-refractivity contribution in [2.24, 2.45) is 0 Å². The molecular formula is C21H18N4O4. The largest absolute Gasteiger partial charge is 0.493 e. The lowest BCUT2D eigenvalue weighted by molar-refractivity contribution is -0.116. The number of pyridine rings is 1. The molecule has 0 fully saturated rings. The maximum atomic E-state index is 13.1. The molecule has 8 nitrogen and oxygen atoms in total. The molecule has 2 aromatic heterocycles. The van der Waals surface area contributed by atoms with Crippen LogP contribution in [-0.4, -0.2) is 28.9 Å². The summed E-state index contributed by atoms with van der Waals surface area (Å²) < 4.78 is 12.5. The van der Waals surface area contributed by atoms with Crippen LogP contribution in [0, 0.1) is 11.3 Å². The second kappa shape index (κ2) is 8.71. The summed E-state index contributed by atoms with van der Waals surface area (Å²) in [6.45, 7) is 2.08. The second-order valence-corrected chi connectivity index (χ2v) is 5.85. The van der Waals surface area contributed by atoms with Crippen LogP contribution in [0.2, 0.25) is 0 Å². The molecule has 2 heterocycles. The molecule has 1 amide bonds. The van der Waals surface area contributed by atoms with Gasteiger partial charge in [-0.05, 0) is 37.3 Å². The third-order valence-corrected chi connectivity index (χ3v) is 4.00. The molecule has 29 heavy (non-hydrogen) atoms. The number of amides is 1. The summed E-state index contributed by atoms with van der Waals surface area (Å²) in [5, 5.41) is 11.9. The first-order chi connectivity index (χ1) is 14.1.